The van der Waals surface area contributed by atoms with Crippen molar-refractivity contribution in [2.75, 3.05) is 37.7 Å². The Hall–Kier alpha value is -3.55. The molecule has 2 aliphatic rings. The van der Waals surface area contributed by atoms with Crippen LogP contribution in [0.3, 0.4) is 0 Å². The molecule has 0 atom stereocenters. The molecule has 7 nitrogen and oxygen atoms in total. The van der Waals surface area contributed by atoms with E-state index in [0.29, 0.717) is 61.2 Å². The van der Waals surface area contributed by atoms with Gasteiger partial charge in [-0.25, -0.2) is 0 Å². The molecule has 3 aromatic rings. The van der Waals surface area contributed by atoms with Gasteiger partial charge in [0.2, 0.25) is 5.91 Å². The van der Waals surface area contributed by atoms with Crippen LogP contribution in [0, 0.1) is 0 Å². The summed E-state index contributed by atoms with van der Waals surface area (Å²) < 4.78 is 0. The van der Waals surface area contributed by atoms with Crippen molar-refractivity contribution in [2.24, 2.45) is 0 Å². The molecular formula is C34H38Cl2N4O3. The highest BCUT2D eigenvalue weighted by molar-refractivity contribution is 6.35. The van der Waals surface area contributed by atoms with Gasteiger partial charge in [0.15, 0.2) is 0 Å². The molecule has 9 heteroatoms. The van der Waals surface area contributed by atoms with E-state index >= 15 is 0 Å². The molecule has 5 rings (SSSR count). The van der Waals surface area contributed by atoms with Gasteiger partial charge < -0.3 is 20.0 Å². The molecule has 1 spiro atoms. The lowest BCUT2D eigenvalue weighted by atomic mass is 9.85. The minimum Gasteiger partial charge on any atom is -0.354 e. The fourth-order valence-corrected chi connectivity index (χ4v) is 6.57. The van der Waals surface area contributed by atoms with Gasteiger partial charge in [0.1, 0.15) is 12.1 Å². The number of piperidine rings is 1. The number of benzene rings is 3. The molecule has 3 aromatic carbocycles. The monoisotopic (exact) mass is 620 g/mol. The number of hydrogen-bond donors (Lipinski definition) is 1. The maximum atomic E-state index is 14.0. The lowest BCUT2D eigenvalue weighted by molar-refractivity contribution is -0.137. The Balaban J connectivity index is 1.23. The van der Waals surface area contributed by atoms with Crippen molar-refractivity contribution in [1.29, 1.82) is 0 Å². The average molecular weight is 622 g/mol. The van der Waals surface area contributed by atoms with Crippen LogP contribution in [0.2, 0.25) is 10.0 Å². The molecule has 2 heterocycles. The zero-order valence-corrected chi connectivity index (χ0v) is 26.0. The maximum absolute atomic E-state index is 14.0. The first kappa shape index (κ1) is 30.9. The van der Waals surface area contributed by atoms with E-state index in [1.807, 2.05) is 65.6 Å². The number of para-hydroxylation sites is 1. The molecule has 0 saturated carbocycles. The number of likely N-dealkylation sites (tertiary alicyclic amines) is 1. The van der Waals surface area contributed by atoms with E-state index in [9.17, 15) is 14.4 Å². The van der Waals surface area contributed by atoms with Gasteiger partial charge >= 0.3 is 0 Å². The smallest absolute Gasteiger partial charge is 0.253 e. The fraction of sp³-hybridized carbons (Fsp3) is 0.382. The molecular weight excluding hydrogens is 583 g/mol. The number of nitrogens with one attached hydrogen (secondary N) is 1. The summed E-state index contributed by atoms with van der Waals surface area (Å²) in [4.78, 5) is 45.9. The number of anilines is 1. The minimum atomic E-state index is -0.806. The molecule has 2 saturated heterocycles. The van der Waals surface area contributed by atoms with Crippen LogP contribution in [0.5, 0.6) is 0 Å². The Labute approximate surface area is 263 Å². The SMILES string of the molecule is CCCCc1ccc(C(=O)N2CCC3(CC2)C(=O)N(CC(=O)NCCc2ccc(Cl)cc2Cl)CN3c2ccccc2)cc1. The van der Waals surface area contributed by atoms with Crippen LogP contribution in [0.1, 0.15) is 54.1 Å². The maximum Gasteiger partial charge on any atom is 0.253 e. The van der Waals surface area contributed by atoms with Gasteiger partial charge in [-0.15, -0.1) is 0 Å². The Morgan fingerprint density at radius 3 is 2.33 bits per heavy atom. The highest BCUT2D eigenvalue weighted by atomic mass is 35.5. The van der Waals surface area contributed by atoms with Crippen molar-refractivity contribution < 1.29 is 14.4 Å². The lowest BCUT2D eigenvalue weighted by Gasteiger charge is -2.43. The van der Waals surface area contributed by atoms with Gasteiger partial charge in [-0.05, 0) is 79.6 Å². The third-order valence-electron chi connectivity index (χ3n) is 8.55. The van der Waals surface area contributed by atoms with Crippen LogP contribution in [0.4, 0.5) is 5.69 Å². The van der Waals surface area contributed by atoms with Crippen molar-refractivity contribution in [1.82, 2.24) is 15.1 Å². The standard InChI is InChI=1S/C34H38Cl2N4O3/c1-2-3-7-25-10-12-27(13-11-25)32(42)38-20-17-34(18-21-38)33(43)39(24-40(34)29-8-5-4-6-9-29)23-31(41)37-19-16-26-14-15-28(35)22-30(26)36/h4-6,8-15,22H,2-3,7,16-21,23-24H2,1H3,(H,37,41). The van der Waals surface area contributed by atoms with Crippen molar-refractivity contribution in [3.05, 3.63) is 99.5 Å². The van der Waals surface area contributed by atoms with Crippen LogP contribution in [0.25, 0.3) is 0 Å². The number of halogens is 2. The van der Waals surface area contributed by atoms with Crippen molar-refractivity contribution in [2.45, 2.75) is 51.0 Å². The minimum absolute atomic E-state index is 0.00868. The zero-order chi connectivity index (χ0) is 30.4. The highest BCUT2D eigenvalue weighted by Gasteiger charge is 2.54. The van der Waals surface area contributed by atoms with Crippen LogP contribution in [0.15, 0.2) is 72.8 Å². The highest BCUT2D eigenvalue weighted by Crippen LogP contribution is 2.39. The van der Waals surface area contributed by atoms with E-state index in [0.717, 1.165) is 30.5 Å². The zero-order valence-electron chi connectivity index (χ0n) is 24.5. The predicted molar refractivity (Wildman–Crippen MR) is 172 cm³/mol. The summed E-state index contributed by atoms with van der Waals surface area (Å²) in [6, 6.07) is 23.0. The number of carbonyl (C=O) groups is 3. The summed E-state index contributed by atoms with van der Waals surface area (Å²) in [5, 5.41) is 4.05. The van der Waals surface area contributed by atoms with E-state index < -0.39 is 5.54 Å². The van der Waals surface area contributed by atoms with Crippen molar-refractivity contribution >= 4 is 46.6 Å². The molecule has 2 aliphatic heterocycles. The van der Waals surface area contributed by atoms with Gasteiger partial charge in [0.05, 0.1) is 6.67 Å². The molecule has 2 fully saturated rings. The number of aryl methyl sites for hydroxylation is 1. The number of carbonyl (C=O) groups excluding carboxylic acids is 3. The molecule has 43 heavy (non-hydrogen) atoms. The summed E-state index contributed by atoms with van der Waals surface area (Å²) in [7, 11) is 0. The van der Waals surface area contributed by atoms with Crippen LogP contribution in [-0.2, 0) is 22.4 Å². The Morgan fingerprint density at radius 1 is 0.930 bits per heavy atom. The van der Waals surface area contributed by atoms with E-state index in [1.54, 1.807) is 17.0 Å². The molecule has 226 valence electrons. The number of hydrogen-bond acceptors (Lipinski definition) is 4. The summed E-state index contributed by atoms with van der Waals surface area (Å²) in [6.07, 6.45) is 4.82. The molecule has 0 unspecified atom stereocenters. The number of nitrogens with zero attached hydrogens (tertiary/aromatic N) is 3. The van der Waals surface area contributed by atoms with Gasteiger partial charge in [-0.3, -0.25) is 14.4 Å². The second-order valence-corrected chi connectivity index (χ2v) is 12.2. The number of amides is 3. The Morgan fingerprint density at radius 2 is 1.65 bits per heavy atom. The Kier molecular flexibility index (Phi) is 9.93. The van der Waals surface area contributed by atoms with E-state index in [4.69, 9.17) is 23.2 Å². The molecule has 0 aliphatic carbocycles. The summed E-state index contributed by atoms with van der Waals surface area (Å²) in [6.45, 7) is 3.77. The first-order chi connectivity index (χ1) is 20.8. The third kappa shape index (κ3) is 7.00. The quantitative estimate of drug-likeness (QED) is 0.303. The number of unbranched alkanes of at least 4 members (excludes halogenated alkanes) is 1. The third-order valence-corrected chi connectivity index (χ3v) is 9.13. The summed E-state index contributed by atoms with van der Waals surface area (Å²) in [5.41, 5.74) is 2.93. The van der Waals surface area contributed by atoms with E-state index in [-0.39, 0.29) is 24.3 Å². The summed E-state index contributed by atoms with van der Waals surface area (Å²) >= 11 is 12.2. The average Bonchev–Trinajstić information content (AvgIpc) is 3.28. The van der Waals surface area contributed by atoms with Gasteiger partial charge in [-0.2, -0.15) is 0 Å². The second-order valence-electron chi connectivity index (χ2n) is 11.4. The molecule has 0 bridgehead atoms. The Bertz CT molecular complexity index is 1440. The molecule has 0 radical (unpaired) electrons. The van der Waals surface area contributed by atoms with Crippen LogP contribution >= 0.6 is 23.2 Å². The first-order valence-corrected chi connectivity index (χ1v) is 15.8. The predicted octanol–water partition coefficient (Wildman–Crippen LogP) is 5.98. The molecule has 1 N–H and O–H groups in total. The largest absolute Gasteiger partial charge is 0.354 e. The molecule has 0 aromatic heterocycles. The van der Waals surface area contributed by atoms with Crippen molar-refractivity contribution in [3.63, 3.8) is 0 Å². The van der Waals surface area contributed by atoms with Gasteiger partial charge in [0.25, 0.3) is 11.8 Å². The van der Waals surface area contributed by atoms with Crippen LogP contribution < -0.4 is 10.2 Å². The molecule has 3 amide bonds. The summed E-state index contributed by atoms with van der Waals surface area (Å²) in [5.74, 6) is -0.302. The fourth-order valence-electron chi connectivity index (χ4n) is 6.07. The topological polar surface area (TPSA) is 73.0 Å². The first-order valence-electron chi connectivity index (χ1n) is 15.0. The van der Waals surface area contributed by atoms with Gasteiger partial charge in [0, 0.05) is 40.9 Å². The normalized spacial score (nSPS) is 16.2. The number of rotatable bonds is 10. The lowest BCUT2D eigenvalue weighted by Crippen LogP contribution is -2.57. The van der Waals surface area contributed by atoms with E-state index in [2.05, 4.69) is 17.1 Å². The van der Waals surface area contributed by atoms with Crippen molar-refractivity contribution in [3.8, 4) is 0 Å². The van der Waals surface area contributed by atoms with E-state index in [1.165, 1.54) is 5.56 Å². The van der Waals surface area contributed by atoms with Crippen LogP contribution in [-0.4, -0.2) is 65.9 Å². The second kappa shape index (κ2) is 13.8. The van der Waals surface area contributed by atoms with Gasteiger partial charge in [-0.1, -0.05) is 72.9 Å².